The van der Waals surface area contributed by atoms with E-state index in [0.29, 0.717) is 0 Å². The lowest BCUT2D eigenvalue weighted by Crippen LogP contribution is -2.10. The van der Waals surface area contributed by atoms with Gasteiger partial charge >= 0.3 is 0 Å². The lowest BCUT2D eigenvalue weighted by molar-refractivity contribution is 0.670. The van der Waals surface area contributed by atoms with E-state index in [9.17, 15) is 0 Å². The molecular weight excluding hydrogens is 813 g/mol. The van der Waals surface area contributed by atoms with Gasteiger partial charge in [-0.1, -0.05) is 188 Å². The molecule has 0 unspecified atom stereocenters. The maximum absolute atomic E-state index is 6.48. The summed E-state index contributed by atoms with van der Waals surface area (Å²) < 4.78 is 8.87. The van der Waals surface area contributed by atoms with Gasteiger partial charge in [0.15, 0.2) is 0 Å². The summed E-state index contributed by atoms with van der Waals surface area (Å²) in [6.45, 7) is 0. The van der Waals surface area contributed by atoms with Crippen LogP contribution in [0.2, 0.25) is 0 Å². The molecular formula is C64H42N2O. The quantitative estimate of drug-likeness (QED) is 0.152. The Balaban J connectivity index is 0.869. The van der Waals surface area contributed by atoms with Gasteiger partial charge in [-0.25, -0.2) is 0 Å². The molecule has 0 amide bonds. The Labute approximate surface area is 388 Å². The molecule has 314 valence electrons. The van der Waals surface area contributed by atoms with Crippen LogP contribution in [0.5, 0.6) is 0 Å². The second kappa shape index (κ2) is 16.0. The molecule has 0 fully saturated rings. The van der Waals surface area contributed by atoms with E-state index in [0.717, 1.165) is 83.6 Å². The summed E-state index contributed by atoms with van der Waals surface area (Å²) in [7, 11) is 0. The van der Waals surface area contributed by atoms with Crippen molar-refractivity contribution in [3.8, 4) is 50.2 Å². The van der Waals surface area contributed by atoms with Crippen LogP contribution in [-0.2, 0) is 0 Å². The molecule has 0 aliphatic rings. The van der Waals surface area contributed by atoms with Crippen LogP contribution in [0.4, 0.5) is 17.1 Å². The summed E-state index contributed by atoms with van der Waals surface area (Å²) in [5, 5.41) is 7.21. The van der Waals surface area contributed by atoms with E-state index in [1.807, 2.05) is 6.07 Å². The molecule has 0 saturated carbocycles. The van der Waals surface area contributed by atoms with E-state index in [-0.39, 0.29) is 0 Å². The molecule has 0 saturated heterocycles. The van der Waals surface area contributed by atoms with Gasteiger partial charge in [0.25, 0.3) is 0 Å². The second-order valence-corrected chi connectivity index (χ2v) is 17.3. The van der Waals surface area contributed by atoms with Crippen molar-refractivity contribution in [1.82, 2.24) is 4.57 Å². The highest BCUT2D eigenvalue weighted by Crippen LogP contribution is 2.42. The van der Waals surface area contributed by atoms with Crippen LogP contribution in [0.1, 0.15) is 0 Å². The fourth-order valence-corrected chi connectivity index (χ4v) is 10.1. The van der Waals surface area contributed by atoms with E-state index in [2.05, 4.69) is 258 Å². The first-order valence-electron chi connectivity index (χ1n) is 22.9. The van der Waals surface area contributed by atoms with E-state index in [4.69, 9.17) is 4.42 Å². The smallest absolute Gasteiger partial charge is 0.143 e. The van der Waals surface area contributed by atoms with Crippen LogP contribution in [-0.4, -0.2) is 4.57 Å². The summed E-state index contributed by atoms with van der Waals surface area (Å²) in [6.07, 6.45) is 0. The van der Waals surface area contributed by atoms with Gasteiger partial charge in [-0.3, -0.25) is 0 Å². The summed E-state index contributed by atoms with van der Waals surface area (Å²) in [4.78, 5) is 2.38. The Morgan fingerprint density at radius 1 is 0.299 bits per heavy atom. The van der Waals surface area contributed by atoms with E-state index < -0.39 is 0 Å². The zero-order valence-corrected chi connectivity index (χ0v) is 36.6. The molecule has 0 radical (unpaired) electrons. The van der Waals surface area contributed by atoms with Crippen LogP contribution in [0.15, 0.2) is 259 Å². The van der Waals surface area contributed by atoms with Gasteiger partial charge < -0.3 is 13.9 Å². The number of aromatic nitrogens is 1. The maximum Gasteiger partial charge on any atom is 0.143 e. The molecule has 3 heteroatoms. The molecule has 11 aromatic carbocycles. The number of anilines is 3. The molecule has 2 heterocycles. The minimum absolute atomic E-state index is 0.896. The van der Waals surface area contributed by atoms with Gasteiger partial charge in [-0.05, 0) is 116 Å². The molecule has 0 bridgehead atoms. The number of fused-ring (bicyclic) bond motifs is 7. The minimum Gasteiger partial charge on any atom is -0.455 e. The number of hydrogen-bond acceptors (Lipinski definition) is 2. The standard InChI is InChI=1S/C64H42N2O/c1-3-13-47(14-4-1)56-22-12-23-59-60-41-49(33-40-63(60)67-64(56)59)45-27-25-43(26-28-45)44-29-34-51(35-30-44)65(52-36-31-48(32-37-52)55-21-11-16-46-15-7-8-19-54(46)55)53-38-39-58-57-20-9-10-24-61(57)66(62(58)42-53)50-17-5-2-6-18-50/h1-42H. The first-order chi connectivity index (χ1) is 33.2. The van der Waals surface area contributed by atoms with Crippen LogP contribution in [0.25, 0.3) is 105 Å². The normalized spacial score (nSPS) is 11.6. The molecule has 2 aromatic heterocycles. The van der Waals surface area contributed by atoms with Crippen molar-refractivity contribution in [3.63, 3.8) is 0 Å². The zero-order valence-electron chi connectivity index (χ0n) is 36.6. The molecule has 13 aromatic rings. The molecule has 0 spiro atoms. The lowest BCUT2D eigenvalue weighted by atomic mass is 9.97. The molecule has 0 aliphatic heterocycles. The minimum atomic E-state index is 0.896. The third-order valence-electron chi connectivity index (χ3n) is 13.4. The van der Waals surface area contributed by atoms with Crippen molar-refractivity contribution in [2.24, 2.45) is 0 Å². The molecule has 0 N–H and O–H groups in total. The summed E-state index contributed by atoms with van der Waals surface area (Å²) in [6, 6.07) is 91.8. The highest BCUT2D eigenvalue weighted by Gasteiger charge is 2.19. The Bertz CT molecular complexity index is 3940. The largest absolute Gasteiger partial charge is 0.455 e. The fourth-order valence-electron chi connectivity index (χ4n) is 10.1. The Morgan fingerprint density at radius 2 is 0.821 bits per heavy atom. The molecule has 0 aliphatic carbocycles. The number of rotatable bonds is 8. The predicted molar refractivity (Wildman–Crippen MR) is 282 cm³/mol. The number of furan rings is 1. The van der Waals surface area contributed by atoms with Crippen molar-refractivity contribution in [1.29, 1.82) is 0 Å². The first-order valence-corrected chi connectivity index (χ1v) is 22.9. The van der Waals surface area contributed by atoms with Crippen LogP contribution in [0, 0.1) is 0 Å². The van der Waals surface area contributed by atoms with E-state index in [1.54, 1.807) is 0 Å². The van der Waals surface area contributed by atoms with Crippen LogP contribution in [0.3, 0.4) is 0 Å². The van der Waals surface area contributed by atoms with Gasteiger partial charge in [0.2, 0.25) is 0 Å². The molecule has 67 heavy (non-hydrogen) atoms. The monoisotopic (exact) mass is 854 g/mol. The molecule has 0 atom stereocenters. The van der Waals surface area contributed by atoms with E-state index >= 15 is 0 Å². The average Bonchev–Trinajstić information content (AvgIpc) is 3.95. The lowest BCUT2D eigenvalue weighted by Gasteiger charge is -2.26. The number of para-hydroxylation sites is 3. The van der Waals surface area contributed by atoms with Crippen molar-refractivity contribution < 1.29 is 4.42 Å². The fraction of sp³-hybridized carbons (Fsp3) is 0. The van der Waals surface area contributed by atoms with Crippen LogP contribution >= 0.6 is 0 Å². The summed E-state index contributed by atoms with van der Waals surface area (Å²) >= 11 is 0. The Kier molecular flexibility index (Phi) is 9.17. The number of hydrogen-bond donors (Lipinski definition) is 0. The van der Waals surface area contributed by atoms with Gasteiger partial charge in [0.1, 0.15) is 11.2 Å². The SMILES string of the molecule is c1ccc(-c2cccc3c2oc2ccc(-c4ccc(-c5ccc(N(c6ccc(-c7cccc8ccccc78)cc6)c6ccc7c8ccccc8n(-c8ccccc8)c7c6)cc5)cc4)cc23)cc1. The van der Waals surface area contributed by atoms with Crippen LogP contribution < -0.4 is 4.90 Å². The second-order valence-electron chi connectivity index (χ2n) is 17.3. The average molecular weight is 855 g/mol. The predicted octanol–water partition coefficient (Wildman–Crippen LogP) is 18.0. The van der Waals surface area contributed by atoms with Gasteiger partial charge in [0.05, 0.1) is 11.0 Å². The molecule has 13 rings (SSSR count). The Hall–Kier alpha value is -8.92. The highest BCUT2D eigenvalue weighted by molar-refractivity contribution is 6.12. The van der Waals surface area contributed by atoms with Gasteiger partial charge in [-0.2, -0.15) is 0 Å². The third-order valence-corrected chi connectivity index (χ3v) is 13.4. The summed E-state index contributed by atoms with van der Waals surface area (Å²) in [5.74, 6) is 0. The van der Waals surface area contributed by atoms with Crippen molar-refractivity contribution >= 4 is 71.6 Å². The van der Waals surface area contributed by atoms with E-state index in [1.165, 1.54) is 38.2 Å². The molecule has 3 nitrogen and oxygen atoms in total. The zero-order chi connectivity index (χ0) is 44.3. The first kappa shape index (κ1) is 38.5. The number of nitrogens with zero attached hydrogens (tertiary/aromatic N) is 2. The van der Waals surface area contributed by atoms with Crippen molar-refractivity contribution in [2.75, 3.05) is 4.90 Å². The topological polar surface area (TPSA) is 21.3 Å². The van der Waals surface area contributed by atoms with Gasteiger partial charge in [0, 0.05) is 49.9 Å². The maximum atomic E-state index is 6.48. The van der Waals surface area contributed by atoms with Crippen molar-refractivity contribution in [2.45, 2.75) is 0 Å². The number of benzene rings is 11. The van der Waals surface area contributed by atoms with Crippen molar-refractivity contribution in [3.05, 3.63) is 255 Å². The van der Waals surface area contributed by atoms with Gasteiger partial charge in [-0.15, -0.1) is 0 Å². The Morgan fingerprint density at radius 3 is 1.58 bits per heavy atom. The highest BCUT2D eigenvalue weighted by atomic mass is 16.3. The third kappa shape index (κ3) is 6.67. The summed E-state index contributed by atoms with van der Waals surface area (Å²) in [5.41, 5.74) is 17.9.